The zero-order chi connectivity index (χ0) is 22.7. The molecule has 1 unspecified atom stereocenters. The first-order chi connectivity index (χ1) is 15.4. The first-order valence-corrected chi connectivity index (χ1v) is 11.2. The summed E-state index contributed by atoms with van der Waals surface area (Å²) in [5, 5.41) is 9.73. The van der Waals surface area contributed by atoms with Crippen molar-refractivity contribution in [1.29, 1.82) is 0 Å². The Morgan fingerprint density at radius 3 is 2.72 bits per heavy atom. The molecule has 1 aliphatic heterocycles. The third-order valence-corrected chi connectivity index (χ3v) is 6.39. The number of fused-ring (bicyclic) bond motifs is 1. The highest BCUT2D eigenvalue weighted by atomic mass is 35.5. The Bertz CT molecular complexity index is 1050. The van der Waals surface area contributed by atoms with Gasteiger partial charge in [-0.1, -0.05) is 34.9 Å². The maximum atomic E-state index is 13.5. The molecule has 0 amide bonds. The molecule has 0 bridgehead atoms. The summed E-state index contributed by atoms with van der Waals surface area (Å²) in [4.78, 5) is 10.0. The number of H-pyrrole nitrogens is 1. The number of allylic oxidation sites excluding steroid dienone is 5. The Kier molecular flexibility index (Phi) is 6.85. The summed E-state index contributed by atoms with van der Waals surface area (Å²) in [5.74, 6) is 0.617. The van der Waals surface area contributed by atoms with Crippen LogP contribution in [0.2, 0.25) is 0 Å². The van der Waals surface area contributed by atoms with Gasteiger partial charge in [0.15, 0.2) is 11.3 Å². The number of hydrogen-bond donors (Lipinski definition) is 2. The van der Waals surface area contributed by atoms with E-state index in [-0.39, 0.29) is 11.0 Å². The second kappa shape index (κ2) is 9.62. The molecule has 0 spiro atoms. The van der Waals surface area contributed by atoms with Gasteiger partial charge in [-0.3, -0.25) is 5.10 Å². The van der Waals surface area contributed by atoms with Crippen molar-refractivity contribution in [2.75, 3.05) is 31.6 Å². The Labute approximate surface area is 189 Å². The molecular formula is C22H26ClF3N6. The molecule has 0 aromatic carbocycles. The smallest absolute Gasteiger partial charge is 0.355 e. The van der Waals surface area contributed by atoms with E-state index in [0.29, 0.717) is 24.8 Å². The summed E-state index contributed by atoms with van der Waals surface area (Å²) in [5.41, 5.74) is 1.97. The van der Waals surface area contributed by atoms with Gasteiger partial charge in [-0.15, -0.1) is 0 Å². The lowest BCUT2D eigenvalue weighted by Gasteiger charge is -2.33. The minimum absolute atomic E-state index is 0.0347. The van der Waals surface area contributed by atoms with Crippen LogP contribution >= 0.6 is 11.6 Å². The van der Waals surface area contributed by atoms with Crippen LogP contribution in [0.25, 0.3) is 11.0 Å². The van der Waals surface area contributed by atoms with E-state index in [1.807, 2.05) is 18.0 Å². The second-order valence-electron chi connectivity index (χ2n) is 8.11. The molecule has 2 aliphatic rings. The lowest BCUT2D eigenvalue weighted by Crippen LogP contribution is -2.32. The van der Waals surface area contributed by atoms with Gasteiger partial charge in [0.05, 0.1) is 5.39 Å². The maximum absolute atomic E-state index is 13.5. The van der Waals surface area contributed by atoms with Gasteiger partial charge in [-0.2, -0.15) is 18.3 Å². The lowest BCUT2D eigenvalue weighted by molar-refractivity contribution is -0.139. The summed E-state index contributed by atoms with van der Waals surface area (Å²) in [7, 11) is 1.95. The monoisotopic (exact) mass is 466 g/mol. The van der Waals surface area contributed by atoms with Crippen molar-refractivity contribution >= 4 is 28.5 Å². The van der Waals surface area contributed by atoms with Crippen molar-refractivity contribution in [1.82, 2.24) is 25.5 Å². The third kappa shape index (κ3) is 4.83. The number of nitrogens with one attached hydrogen (secondary N) is 2. The molecule has 0 saturated carbocycles. The second-order valence-corrected chi connectivity index (χ2v) is 8.54. The van der Waals surface area contributed by atoms with Crippen molar-refractivity contribution in [3.05, 3.63) is 46.4 Å². The molecule has 4 rings (SSSR count). The van der Waals surface area contributed by atoms with Gasteiger partial charge in [-0.05, 0) is 51.8 Å². The minimum atomic E-state index is -4.54. The van der Waals surface area contributed by atoms with E-state index in [4.69, 9.17) is 11.6 Å². The molecule has 1 aliphatic carbocycles. The van der Waals surface area contributed by atoms with Gasteiger partial charge in [0.1, 0.15) is 12.1 Å². The Morgan fingerprint density at radius 2 is 2.06 bits per heavy atom. The Hall–Kier alpha value is -2.39. The van der Waals surface area contributed by atoms with Crippen LogP contribution in [0, 0.1) is 5.92 Å². The molecule has 10 heteroatoms. The fourth-order valence-electron chi connectivity index (χ4n) is 4.53. The predicted molar refractivity (Wildman–Crippen MR) is 120 cm³/mol. The van der Waals surface area contributed by atoms with Crippen molar-refractivity contribution in [3.63, 3.8) is 0 Å². The van der Waals surface area contributed by atoms with Crippen LogP contribution in [0.1, 0.15) is 37.8 Å². The van der Waals surface area contributed by atoms with Crippen LogP contribution in [0.15, 0.2) is 40.7 Å². The molecule has 172 valence electrons. The van der Waals surface area contributed by atoms with Crippen LogP contribution in [0.4, 0.5) is 19.0 Å². The highest BCUT2D eigenvalue weighted by Gasteiger charge is 2.37. The zero-order valence-corrected chi connectivity index (χ0v) is 18.6. The number of rotatable bonds is 6. The van der Waals surface area contributed by atoms with Gasteiger partial charge in [0.2, 0.25) is 0 Å². The fraction of sp³-hybridized carbons (Fsp3) is 0.500. The van der Waals surface area contributed by atoms with Gasteiger partial charge in [0, 0.05) is 24.0 Å². The minimum Gasteiger partial charge on any atom is -0.355 e. The van der Waals surface area contributed by atoms with Gasteiger partial charge in [0.25, 0.3) is 0 Å². The SMILES string of the molecule is CNCCCC(=C1CCN(c2ncnc3n[nH]c(C(F)(F)F)c23)CC1)C1C=CC(Cl)=CC1. The Morgan fingerprint density at radius 1 is 1.28 bits per heavy atom. The molecule has 1 fully saturated rings. The van der Waals surface area contributed by atoms with E-state index in [2.05, 4.69) is 37.6 Å². The summed E-state index contributed by atoms with van der Waals surface area (Å²) in [6, 6.07) is 0. The van der Waals surface area contributed by atoms with E-state index in [1.54, 1.807) is 0 Å². The van der Waals surface area contributed by atoms with Crippen LogP contribution in [0.3, 0.4) is 0 Å². The average Bonchev–Trinajstić information content (AvgIpc) is 3.23. The topological polar surface area (TPSA) is 69.7 Å². The standard InChI is InChI=1S/C22H26ClF3N6/c1-27-10-2-3-17(14-4-6-16(23)7-5-14)15-8-11-32(12-9-15)21-18-19(22(24,25)26)30-31-20(18)28-13-29-21/h4,6-7,13-14,27H,2-3,5,8-12H2,1H3,(H,28,29,30,31). The molecule has 3 heterocycles. The lowest BCUT2D eigenvalue weighted by atomic mass is 9.83. The predicted octanol–water partition coefficient (Wildman–Crippen LogP) is 4.97. The Balaban J connectivity index is 1.57. The number of anilines is 1. The van der Waals surface area contributed by atoms with Crippen molar-refractivity contribution in [2.24, 2.45) is 5.92 Å². The molecule has 6 nitrogen and oxygen atoms in total. The number of alkyl halides is 3. The van der Waals surface area contributed by atoms with Crippen molar-refractivity contribution in [3.8, 4) is 0 Å². The van der Waals surface area contributed by atoms with Crippen LogP contribution in [-0.4, -0.2) is 46.8 Å². The van der Waals surface area contributed by atoms with E-state index >= 15 is 0 Å². The molecule has 2 N–H and O–H groups in total. The van der Waals surface area contributed by atoms with Crippen LogP contribution in [-0.2, 0) is 6.18 Å². The summed E-state index contributed by atoms with van der Waals surface area (Å²) < 4.78 is 40.4. The van der Waals surface area contributed by atoms with Crippen molar-refractivity contribution in [2.45, 2.75) is 38.3 Å². The van der Waals surface area contributed by atoms with Crippen molar-refractivity contribution < 1.29 is 13.2 Å². The zero-order valence-electron chi connectivity index (χ0n) is 17.8. The third-order valence-electron chi connectivity index (χ3n) is 6.11. The number of hydrogen-bond acceptors (Lipinski definition) is 5. The van der Waals surface area contributed by atoms with Crippen LogP contribution < -0.4 is 10.2 Å². The fourth-order valence-corrected chi connectivity index (χ4v) is 4.69. The van der Waals surface area contributed by atoms with E-state index < -0.39 is 11.9 Å². The number of piperidine rings is 1. The van der Waals surface area contributed by atoms with Gasteiger partial charge < -0.3 is 10.2 Å². The molecular weight excluding hydrogens is 441 g/mol. The average molecular weight is 467 g/mol. The molecule has 2 aromatic rings. The van der Waals surface area contributed by atoms with Gasteiger partial charge in [-0.25, -0.2) is 9.97 Å². The largest absolute Gasteiger partial charge is 0.433 e. The number of aromatic nitrogens is 4. The first-order valence-electron chi connectivity index (χ1n) is 10.8. The van der Waals surface area contributed by atoms with Gasteiger partial charge >= 0.3 is 6.18 Å². The molecule has 32 heavy (non-hydrogen) atoms. The molecule has 0 radical (unpaired) electrons. The quantitative estimate of drug-likeness (QED) is 0.465. The van der Waals surface area contributed by atoms with E-state index in [1.165, 1.54) is 17.5 Å². The highest BCUT2D eigenvalue weighted by Crippen LogP contribution is 2.38. The number of aromatic amines is 1. The van der Waals surface area contributed by atoms with Crippen LogP contribution in [0.5, 0.6) is 0 Å². The molecule has 1 saturated heterocycles. The first kappa shape index (κ1) is 22.8. The summed E-state index contributed by atoms with van der Waals surface area (Å²) in [6.45, 7) is 2.15. The molecule has 1 atom stereocenters. The summed E-state index contributed by atoms with van der Waals surface area (Å²) in [6.07, 6.45) is 7.41. The number of halogens is 4. The van der Waals surface area contributed by atoms with E-state index in [0.717, 1.165) is 43.7 Å². The van der Waals surface area contributed by atoms with E-state index in [9.17, 15) is 13.2 Å². The molecule has 2 aromatic heterocycles. The normalized spacial score (nSPS) is 19.5. The highest BCUT2D eigenvalue weighted by molar-refractivity contribution is 6.31. The summed E-state index contributed by atoms with van der Waals surface area (Å²) >= 11 is 6.11. The number of nitrogens with zero attached hydrogens (tertiary/aromatic N) is 4. The maximum Gasteiger partial charge on any atom is 0.433 e.